The van der Waals surface area contributed by atoms with Gasteiger partial charge in [0.1, 0.15) is 10.9 Å². The van der Waals surface area contributed by atoms with Gasteiger partial charge in [0, 0.05) is 23.7 Å². The van der Waals surface area contributed by atoms with Gasteiger partial charge in [-0.3, -0.25) is 0 Å². The Balaban J connectivity index is 1.69. The van der Waals surface area contributed by atoms with Gasteiger partial charge in [0.25, 0.3) is 0 Å². The fraction of sp³-hybridized carbons (Fsp3) is 1.00. The Hall–Kier alpha value is 0.230. The molecular formula is C13H16O3S. The molecule has 4 heterocycles. The lowest BCUT2D eigenvalue weighted by molar-refractivity contribution is -0.304. The molecule has 6 rings (SSSR count). The normalized spacial score (nSPS) is 75.2. The SMILES string of the molecule is C[C@]12O[C@@H]3S[C@@H]4O[C@](C)(O1)[C@@H]1[C@@H]4C4(CC4)[C@@H]3[C@H]12. The van der Waals surface area contributed by atoms with Gasteiger partial charge in [0.2, 0.25) is 0 Å². The lowest BCUT2D eigenvalue weighted by Crippen LogP contribution is -2.40. The van der Waals surface area contributed by atoms with Crippen molar-refractivity contribution in [2.45, 2.75) is 49.1 Å². The van der Waals surface area contributed by atoms with Crippen LogP contribution in [-0.2, 0) is 14.2 Å². The minimum Gasteiger partial charge on any atom is -0.335 e. The number of thioether (sulfide) groups is 1. The summed E-state index contributed by atoms with van der Waals surface area (Å²) in [5.41, 5.74) is 1.25. The van der Waals surface area contributed by atoms with Crippen molar-refractivity contribution in [3.8, 4) is 0 Å². The first-order valence-electron chi connectivity index (χ1n) is 6.79. The van der Waals surface area contributed by atoms with E-state index in [1.807, 2.05) is 11.8 Å². The Morgan fingerprint density at radius 2 is 1.41 bits per heavy atom. The monoisotopic (exact) mass is 252 g/mol. The molecule has 0 aromatic rings. The van der Waals surface area contributed by atoms with E-state index in [1.54, 1.807) is 0 Å². The smallest absolute Gasteiger partial charge is 0.174 e. The van der Waals surface area contributed by atoms with Crippen LogP contribution in [0.5, 0.6) is 0 Å². The molecule has 4 heteroatoms. The van der Waals surface area contributed by atoms with E-state index in [2.05, 4.69) is 13.8 Å². The Labute approximate surface area is 105 Å². The zero-order valence-corrected chi connectivity index (χ0v) is 10.8. The average Bonchev–Trinajstić information content (AvgIpc) is 2.62. The highest BCUT2D eigenvalue weighted by molar-refractivity contribution is 8.00. The van der Waals surface area contributed by atoms with Gasteiger partial charge in [0.15, 0.2) is 11.6 Å². The molecule has 17 heavy (non-hydrogen) atoms. The maximum Gasteiger partial charge on any atom is 0.174 e. The quantitative estimate of drug-likeness (QED) is 0.660. The predicted octanol–water partition coefficient (Wildman–Crippen LogP) is 2.17. The standard InChI is InChI=1S/C13H16O3S/c1-11-5-6-8-10(15-12(6,2)16-11)17-9(14-11)7(5)13(8)3-4-13/h5-10H,3-4H2,1-2H3/t5-,6-,7-,8+,9-,10+,11+,12-/m0/s1. The second-order valence-corrected chi connectivity index (χ2v) is 8.28. The molecule has 1 spiro atoms. The molecule has 6 fully saturated rings. The van der Waals surface area contributed by atoms with Crippen LogP contribution < -0.4 is 0 Å². The molecule has 3 nitrogen and oxygen atoms in total. The zero-order chi connectivity index (χ0) is 11.2. The Bertz CT molecular complexity index is 428. The van der Waals surface area contributed by atoms with Gasteiger partial charge in [-0.1, -0.05) is 11.8 Å². The minimum absolute atomic E-state index is 0.337. The maximum absolute atomic E-state index is 6.30. The second-order valence-electron chi connectivity index (χ2n) is 7.08. The summed E-state index contributed by atoms with van der Waals surface area (Å²) in [5.74, 6) is 1.94. The van der Waals surface area contributed by atoms with Crippen molar-refractivity contribution >= 4 is 11.8 Å². The van der Waals surface area contributed by atoms with E-state index in [0.29, 0.717) is 28.1 Å². The van der Waals surface area contributed by atoms with Crippen molar-refractivity contribution in [2.24, 2.45) is 29.1 Å². The zero-order valence-electron chi connectivity index (χ0n) is 10.0. The lowest BCUT2D eigenvalue weighted by atomic mass is 9.83. The molecule has 2 aliphatic carbocycles. The van der Waals surface area contributed by atoms with Gasteiger partial charge < -0.3 is 14.2 Å². The van der Waals surface area contributed by atoms with Crippen molar-refractivity contribution in [1.82, 2.24) is 0 Å². The molecule has 92 valence electrons. The van der Waals surface area contributed by atoms with Crippen LogP contribution in [0.1, 0.15) is 26.7 Å². The molecule has 6 aliphatic rings. The molecule has 4 aliphatic heterocycles. The highest BCUT2D eigenvalue weighted by atomic mass is 32.2. The first-order valence-corrected chi connectivity index (χ1v) is 7.73. The van der Waals surface area contributed by atoms with Crippen LogP contribution in [0.3, 0.4) is 0 Å². The number of ether oxygens (including phenoxy) is 3. The van der Waals surface area contributed by atoms with Crippen LogP contribution in [0.15, 0.2) is 0 Å². The number of hydrogen-bond donors (Lipinski definition) is 0. The largest absolute Gasteiger partial charge is 0.335 e. The first-order chi connectivity index (χ1) is 8.08. The highest BCUT2D eigenvalue weighted by Gasteiger charge is 2.87. The van der Waals surface area contributed by atoms with Crippen molar-refractivity contribution in [3.05, 3.63) is 0 Å². The lowest BCUT2D eigenvalue weighted by Gasteiger charge is -2.39. The summed E-state index contributed by atoms with van der Waals surface area (Å²) < 4.78 is 18.8. The topological polar surface area (TPSA) is 27.7 Å². The Morgan fingerprint density at radius 1 is 0.882 bits per heavy atom. The van der Waals surface area contributed by atoms with Gasteiger partial charge in [-0.2, -0.15) is 0 Å². The third-order valence-electron chi connectivity index (χ3n) is 6.49. The van der Waals surface area contributed by atoms with E-state index < -0.39 is 0 Å². The molecule has 0 unspecified atom stereocenters. The van der Waals surface area contributed by atoms with Gasteiger partial charge in [-0.25, -0.2) is 0 Å². The van der Waals surface area contributed by atoms with Gasteiger partial charge in [0.05, 0.1) is 0 Å². The summed E-state index contributed by atoms with van der Waals surface area (Å²) in [5, 5.41) is 0. The van der Waals surface area contributed by atoms with Gasteiger partial charge in [-0.05, 0) is 32.1 Å². The molecular weight excluding hydrogens is 236 g/mol. The summed E-state index contributed by atoms with van der Waals surface area (Å²) in [6.45, 7) is 4.30. The third-order valence-corrected chi connectivity index (χ3v) is 7.80. The number of hydrogen-bond acceptors (Lipinski definition) is 4. The fourth-order valence-corrected chi connectivity index (χ4v) is 8.07. The molecule has 8 atom stereocenters. The van der Waals surface area contributed by atoms with Crippen LogP contribution in [-0.4, -0.2) is 22.4 Å². The van der Waals surface area contributed by atoms with Crippen molar-refractivity contribution in [3.63, 3.8) is 0 Å². The van der Waals surface area contributed by atoms with Crippen LogP contribution in [0.4, 0.5) is 0 Å². The molecule has 0 aromatic heterocycles. The van der Waals surface area contributed by atoms with Crippen molar-refractivity contribution in [2.75, 3.05) is 0 Å². The molecule has 0 N–H and O–H groups in total. The summed E-state index contributed by atoms with van der Waals surface area (Å²) in [7, 11) is 0. The van der Waals surface area contributed by atoms with E-state index in [1.165, 1.54) is 12.8 Å². The highest BCUT2D eigenvalue weighted by Crippen LogP contribution is 2.85. The van der Waals surface area contributed by atoms with E-state index in [-0.39, 0.29) is 11.6 Å². The molecule has 0 radical (unpaired) electrons. The predicted molar refractivity (Wildman–Crippen MR) is 60.9 cm³/mol. The van der Waals surface area contributed by atoms with Crippen LogP contribution in [0, 0.1) is 29.1 Å². The molecule has 4 saturated heterocycles. The molecule has 0 amide bonds. The maximum atomic E-state index is 6.30. The van der Waals surface area contributed by atoms with E-state index in [9.17, 15) is 0 Å². The van der Waals surface area contributed by atoms with Crippen LogP contribution in [0.2, 0.25) is 0 Å². The molecule has 0 aromatic carbocycles. The van der Waals surface area contributed by atoms with Crippen LogP contribution in [0.25, 0.3) is 0 Å². The average molecular weight is 252 g/mol. The van der Waals surface area contributed by atoms with Crippen LogP contribution >= 0.6 is 11.8 Å². The summed E-state index contributed by atoms with van der Waals surface area (Å²) in [6, 6.07) is 0. The third kappa shape index (κ3) is 0.686. The van der Waals surface area contributed by atoms with Gasteiger partial charge >= 0.3 is 0 Å². The van der Waals surface area contributed by atoms with E-state index in [0.717, 1.165) is 11.8 Å². The first kappa shape index (κ1) is 9.18. The Kier molecular flexibility index (Phi) is 1.14. The molecule has 2 saturated carbocycles. The summed E-state index contributed by atoms with van der Waals surface area (Å²) in [6.07, 6.45) is 2.81. The minimum atomic E-state index is -0.364. The summed E-state index contributed by atoms with van der Waals surface area (Å²) in [4.78, 5) is 0. The van der Waals surface area contributed by atoms with E-state index >= 15 is 0 Å². The number of rotatable bonds is 0. The fourth-order valence-electron chi connectivity index (χ4n) is 6.09. The van der Waals surface area contributed by atoms with Crippen molar-refractivity contribution < 1.29 is 14.2 Å². The van der Waals surface area contributed by atoms with Crippen molar-refractivity contribution in [1.29, 1.82) is 0 Å². The molecule has 2 bridgehead atoms. The van der Waals surface area contributed by atoms with Gasteiger partial charge in [-0.15, -0.1) is 0 Å². The Morgan fingerprint density at radius 3 is 1.88 bits per heavy atom. The summed E-state index contributed by atoms with van der Waals surface area (Å²) >= 11 is 1.94. The van der Waals surface area contributed by atoms with E-state index in [4.69, 9.17) is 14.2 Å². The second kappa shape index (κ2) is 2.11.